The van der Waals surface area contributed by atoms with Crippen LogP contribution >= 0.6 is 60.2 Å². The number of nitrogen functional groups attached to an aromatic ring is 1. The number of rotatable bonds is 36. The van der Waals surface area contributed by atoms with E-state index in [9.17, 15) is 97.6 Å². The van der Waals surface area contributed by atoms with Crippen LogP contribution in [-0.2, 0) is 86.2 Å². The number of aliphatic hydroxyl groups excluding tert-OH is 1. The van der Waals surface area contributed by atoms with Crippen LogP contribution in [0.25, 0.3) is 11.0 Å². The smallest absolute Gasteiger partial charge is 0.390 e. The van der Waals surface area contributed by atoms with Gasteiger partial charge >= 0.3 is 38.7 Å². The number of fused-ring (bicyclic) bond motifs is 3. The molecule has 3 amide bonds. The number of hydrogen-bond acceptors (Lipinski definition) is 23. The summed E-state index contributed by atoms with van der Waals surface area (Å²) in [7, 11) is -34.3. The molecule has 1 fully saturated rings. The van der Waals surface area contributed by atoms with Crippen LogP contribution in [0.4, 0.5) is 17.2 Å². The number of nitrogens with zero attached hydrogens (tertiary/aromatic N) is 5. The largest absolute Gasteiger partial charge is 0.490 e. The van der Waals surface area contributed by atoms with Crippen LogP contribution in [0.5, 0.6) is 0 Å². The number of aromatic nitrogens is 3. The Labute approximate surface area is 606 Å². The molecule has 2 aromatic carbocycles. The normalized spacial score (nSPS) is 19.6. The van der Waals surface area contributed by atoms with E-state index in [0.717, 1.165) is 46.7 Å². The predicted octanol–water partition coefficient (Wildman–Crippen LogP) is 6.03. The van der Waals surface area contributed by atoms with Crippen molar-refractivity contribution >= 4 is 132 Å². The lowest BCUT2D eigenvalue weighted by molar-refractivity contribution is -0.438. The number of likely N-dealkylation sites (N-methyl/N-ethyl adjacent to an activating group) is 1. The van der Waals surface area contributed by atoms with Crippen molar-refractivity contribution in [3.63, 3.8) is 0 Å². The summed E-state index contributed by atoms with van der Waals surface area (Å²) >= 11 is 0. The first-order chi connectivity index (χ1) is 48.1. The lowest BCUT2D eigenvalue weighted by atomic mass is 9.81. The molecular weight excluding hydrogens is 1550 g/mol. The molecule has 6 atom stereocenters. The molecule has 16 N–H and O–H groups in total. The monoisotopic (exact) mass is 1630 g/mol. The van der Waals surface area contributed by atoms with Gasteiger partial charge in [-0.05, 0) is 102 Å². The summed E-state index contributed by atoms with van der Waals surface area (Å²) in [6, 6.07) is 7.71. The number of carbonyl (C=O) groups excluding carboxylic acids is 3. The number of phosphoric ester groups is 1. The van der Waals surface area contributed by atoms with Gasteiger partial charge in [0.05, 0.1) is 45.4 Å². The van der Waals surface area contributed by atoms with Crippen molar-refractivity contribution in [2.45, 2.75) is 149 Å². The predicted molar refractivity (Wildman–Crippen MR) is 383 cm³/mol. The fourth-order valence-corrected chi connectivity index (χ4v) is 20.2. The van der Waals surface area contributed by atoms with E-state index < -0.39 is 130 Å². The van der Waals surface area contributed by atoms with Gasteiger partial charge in [0.1, 0.15) is 42.7 Å². The van der Waals surface area contributed by atoms with Gasteiger partial charge in [0.15, 0.2) is 10.6 Å². The molecule has 0 saturated carbocycles. The number of allylic oxidation sites excluding steroid dienone is 6. The molecule has 3 unspecified atom stereocenters. The van der Waals surface area contributed by atoms with Gasteiger partial charge in [-0.1, -0.05) is 65.5 Å². The Morgan fingerprint density at radius 1 is 0.827 bits per heavy atom. The van der Waals surface area contributed by atoms with Crippen molar-refractivity contribution in [3.05, 3.63) is 102 Å². The van der Waals surface area contributed by atoms with Crippen molar-refractivity contribution in [1.29, 1.82) is 0 Å². The van der Waals surface area contributed by atoms with Crippen LogP contribution in [0.3, 0.4) is 0 Å². The first-order valence-electron chi connectivity index (χ1n) is 31.8. The molecule has 3 aliphatic rings. The van der Waals surface area contributed by atoms with Gasteiger partial charge in [-0.2, -0.15) is 30.0 Å². The number of anilines is 2. The van der Waals surface area contributed by atoms with Gasteiger partial charge in [-0.15, -0.1) is 0 Å². The summed E-state index contributed by atoms with van der Waals surface area (Å²) < 4.78 is 149. The van der Waals surface area contributed by atoms with Crippen LogP contribution in [0, 0.1) is 11.8 Å². The molecule has 45 heteroatoms. The number of hydrogen-bond donors (Lipinski definition) is 15. The van der Waals surface area contributed by atoms with E-state index in [-0.39, 0.29) is 88.9 Å². The van der Waals surface area contributed by atoms with E-state index in [1.165, 1.54) is 45.8 Å². The Bertz CT molecular complexity index is 4580. The lowest BCUT2D eigenvalue weighted by Crippen LogP contribution is -2.48. The maximum atomic E-state index is 13.7. The van der Waals surface area contributed by atoms with Gasteiger partial charge in [-0.3, -0.25) is 37.1 Å². The summed E-state index contributed by atoms with van der Waals surface area (Å²) in [6.45, 7) is 10.3. The molecule has 7 rings (SSSR count). The zero-order valence-electron chi connectivity index (χ0n) is 56.8. The van der Waals surface area contributed by atoms with Crippen LogP contribution < -0.4 is 26.6 Å². The molecule has 2 aromatic heterocycles. The molecule has 1 saturated heterocycles. The summed E-state index contributed by atoms with van der Waals surface area (Å²) in [5.41, 5.74) is 9.71. The zero-order chi connectivity index (χ0) is 77.4. The van der Waals surface area contributed by atoms with E-state index in [1.807, 2.05) is 69.6 Å². The zero-order valence-corrected chi connectivity index (χ0v) is 64.5. The van der Waals surface area contributed by atoms with E-state index in [4.69, 9.17) is 20.3 Å². The molecule has 0 aliphatic carbocycles. The van der Waals surface area contributed by atoms with Crippen LogP contribution in [0.1, 0.15) is 122 Å². The summed E-state index contributed by atoms with van der Waals surface area (Å²) in [6.07, 6.45) is 8.57. The van der Waals surface area contributed by atoms with E-state index in [0.29, 0.717) is 43.6 Å². The highest BCUT2D eigenvalue weighted by molar-refractivity contribution is 8.76. The average Bonchev–Trinajstić information content (AvgIpc) is 1.61. The van der Waals surface area contributed by atoms with Crippen molar-refractivity contribution in [2.75, 3.05) is 54.9 Å². The third-order valence-corrected chi connectivity index (χ3v) is 29.7. The van der Waals surface area contributed by atoms with Crippen molar-refractivity contribution < 1.29 is 130 Å². The summed E-state index contributed by atoms with van der Waals surface area (Å²) in [5, 5.41) is 19.1. The minimum atomic E-state index is -5.82. The SMILES string of the molecule is CCN1/C(=C/C=C/C=C/C2=[N+](CCCCCC(=O)NC(CSSCCC(=O)NCC#Cc3cn([C@H]4C[C@@H](O)[C@@H](COP(=O)(O)OP(=O)(O)OP(=O)(O)O)O4)c4ncnc(N)c34)C(=O)NCCCCC(C)(P(=O)(O)O)P(=O)(O)O)c3ccc(S(=O)(=O)O)cc3C2(C)C)C(C)(C)c2cc(S(=O)(=O)O)ccc21. The number of ether oxygens (including phenoxy) is 1. The average molecular weight is 1630 g/mol. The van der Waals surface area contributed by atoms with Gasteiger partial charge in [-0.25, -0.2) is 23.7 Å². The van der Waals surface area contributed by atoms with Crippen LogP contribution in [0.2, 0.25) is 0 Å². The third-order valence-electron chi connectivity index (χ3n) is 17.2. The number of nitrogens with one attached hydrogen (secondary N) is 3. The van der Waals surface area contributed by atoms with Crippen LogP contribution in [-0.4, -0.2) is 180 Å². The highest BCUT2D eigenvalue weighted by Crippen LogP contribution is 2.71. The Kier molecular flexibility index (Phi) is 28.5. The lowest BCUT2D eigenvalue weighted by Gasteiger charge is -2.30. The molecule has 0 radical (unpaired) electrons. The Balaban J connectivity index is 0.951. The van der Waals surface area contributed by atoms with Gasteiger partial charge in [0, 0.05) is 91.0 Å². The van der Waals surface area contributed by atoms with E-state index >= 15 is 0 Å². The van der Waals surface area contributed by atoms with Crippen molar-refractivity contribution in [1.82, 2.24) is 30.5 Å². The number of phosphoric acid groups is 3. The molecule has 0 bridgehead atoms. The molecule has 5 heterocycles. The number of unbranched alkanes of at least 4 members (excludes halogenated alkanes) is 3. The third kappa shape index (κ3) is 22.0. The quantitative estimate of drug-likeness (QED) is 0.00470. The van der Waals surface area contributed by atoms with Gasteiger partial charge < -0.3 is 80.1 Å². The topological polar surface area (TPSA) is 563 Å². The summed E-state index contributed by atoms with van der Waals surface area (Å²) in [4.78, 5) is 124. The number of amides is 3. The first-order valence-corrected chi connectivity index (χ1v) is 44.9. The highest BCUT2D eigenvalue weighted by atomic mass is 33.1. The number of nitrogens with two attached hydrogens (primary N) is 1. The Hall–Kier alpha value is -5.33. The highest BCUT2D eigenvalue weighted by Gasteiger charge is 2.56. The molecule has 104 heavy (non-hydrogen) atoms. The van der Waals surface area contributed by atoms with Crippen molar-refractivity contribution in [2.24, 2.45) is 0 Å². The minimum Gasteiger partial charge on any atom is -0.390 e. The number of aliphatic hydroxyl groups is 1. The fourth-order valence-electron chi connectivity index (χ4n) is 11.7. The van der Waals surface area contributed by atoms with Crippen LogP contribution in [0.15, 0.2) is 94.8 Å². The minimum absolute atomic E-state index is 0.0100. The molecule has 574 valence electrons. The van der Waals surface area contributed by atoms with Gasteiger partial charge in [0.2, 0.25) is 23.4 Å². The second-order valence-electron chi connectivity index (χ2n) is 25.3. The maximum absolute atomic E-state index is 13.7. The van der Waals surface area contributed by atoms with Crippen molar-refractivity contribution in [3.8, 4) is 11.8 Å². The van der Waals surface area contributed by atoms with E-state index in [2.05, 4.69) is 55.8 Å². The standard InChI is InChI=1S/C59H82N9O27P5S4/c1-7-66-44-23-21-39(103(86,87)88)31-41(44)57(2,3)48(66)18-10-8-11-19-49-58(4,5)42-32-40(104(89,90)91)22-24-45(42)67(49)29-15-9-12-20-51(71)65-43(56(72)62-27-14-13-26-59(6,96(73,74)75)97(76,77)78)36-102-101-30-25-50(70)61-28-16-17-38-34-68(55-53(38)54(60)63-37-64-55)52-33-46(69)47(93-52)35-92-99(82,83)95-100(84,85)94-98(79,80)81/h8,10-11,18-19,21-24,31-32,34,37,43,46-47,52,69H,7,9,12-15,20,25-30,33,35-36H2,1-6H3,(H14-,60,61,62,63,64,65,70,71,72,73,74,75,76,77,78,79,80,81,82,83,84,85,86,87,88,89,90,91)/p+1/t43?,46-,47-,52-/m1/s1. The molecule has 36 nitrogen and oxygen atoms in total. The molecule has 0 spiro atoms. The van der Waals surface area contributed by atoms with Gasteiger partial charge in [0.25, 0.3) is 20.2 Å². The molecular formula is C59H83N9O27P5S4+. The maximum Gasteiger partial charge on any atom is 0.490 e. The second-order valence-corrected chi connectivity index (χ2v) is 39.7. The summed E-state index contributed by atoms with van der Waals surface area (Å²) in [5.74, 6) is 4.32. The first kappa shape index (κ1) is 85.9. The Morgan fingerprint density at radius 3 is 2.13 bits per heavy atom. The second kappa shape index (κ2) is 34.5. The number of benzene rings is 2. The fraction of sp³-hybridized carbons (Fsp3) is 0.492. The Morgan fingerprint density at radius 2 is 1.49 bits per heavy atom. The molecule has 4 aromatic rings. The number of carbonyl (C=O) groups is 3. The molecule has 3 aliphatic heterocycles. The van der Waals surface area contributed by atoms with E-state index in [1.54, 1.807) is 12.1 Å².